The molecule has 8 heteroatoms. The standard InChI is InChI=1S/C18H18N2O5S/c21-15(11-19-18(24)25-12-13-7-3-1-4-8-13)20-16(17(22)23)26-14-9-5-2-6-10-14/h1-10,16H,11-12H2,(H,19,24)(H,20,21)(H,22,23). The molecule has 0 fully saturated rings. The van der Waals surface area contributed by atoms with Crippen molar-refractivity contribution >= 4 is 29.7 Å². The van der Waals surface area contributed by atoms with Crippen LogP contribution in [-0.4, -0.2) is 35.0 Å². The SMILES string of the molecule is O=C(CNC(=O)OCc1ccccc1)NC(Sc1ccccc1)C(=O)O. The van der Waals surface area contributed by atoms with E-state index in [0.29, 0.717) is 4.90 Å². The van der Waals surface area contributed by atoms with Crippen LogP contribution in [0, 0.1) is 0 Å². The van der Waals surface area contributed by atoms with Gasteiger partial charge in [-0.05, 0) is 17.7 Å². The number of alkyl carbamates (subject to hydrolysis) is 1. The van der Waals surface area contributed by atoms with E-state index in [-0.39, 0.29) is 13.2 Å². The monoisotopic (exact) mass is 374 g/mol. The summed E-state index contributed by atoms with van der Waals surface area (Å²) in [5.41, 5.74) is 0.817. The van der Waals surface area contributed by atoms with Gasteiger partial charge in [0, 0.05) is 4.90 Å². The van der Waals surface area contributed by atoms with Gasteiger partial charge in [-0.2, -0.15) is 0 Å². The molecule has 0 bridgehead atoms. The Morgan fingerprint density at radius 1 is 1.00 bits per heavy atom. The second-order valence-electron chi connectivity index (χ2n) is 5.13. The lowest BCUT2D eigenvalue weighted by Gasteiger charge is -2.14. The Morgan fingerprint density at radius 3 is 2.23 bits per heavy atom. The molecule has 0 aromatic heterocycles. The first-order valence-corrected chi connectivity index (χ1v) is 8.61. The number of carbonyl (C=O) groups excluding carboxylic acids is 2. The van der Waals surface area contributed by atoms with E-state index >= 15 is 0 Å². The van der Waals surface area contributed by atoms with Crippen LogP contribution in [0.2, 0.25) is 0 Å². The van der Waals surface area contributed by atoms with Gasteiger partial charge in [0.1, 0.15) is 13.2 Å². The fourth-order valence-electron chi connectivity index (χ4n) is 1.90. The summed E-state index contributed by atoms with van der Waals surface area (Å²) >= 11 is 0.991. The molecular formula is C18H18N2O5S. The van der Waals surface area contributed by atoms with Gasteiger partial charge in [0.2, 0.25) is 5.91 Å². The first kappa shape index (κ1) is 19.3. The number of hydrogen-bond donors (Lipinski definition) is 3. The number of aliphatic carboxylic acids is 1. The highest BCUT2D eigenvalue weighted by molar-refractivity contribution is 8.00. The molecule has 0 aliphatic carbocycles. The van der Waals surface area contributed by atoms with Crippen molar-refractivity contribution in [2.45, 2.75) is 16.9 Å². The number of nitrogens with one attached hydrogen (secondary N) is 2. The molecule has 0 aliphatic rings. The summed E-state index contributed by atoms with van der Waals surface area (Å²) in [4.78, 5) is 35.5. The van der Waals surface area contributed by atoms with Crippen LogP contribution in [0.5, 0.6) is 0 Å². The van der Waals surface area contributed by atoms with Crippen LogP contribution in [0.15, 0.2) is 65.6 Å². The van der Waals surface area contributed by atoms with Crippen LogP contribution in [0.3, 0.4) is 0 Å². The smallest absolute Gasteiger partial charge is 0.407 e. The van der Waals surface area contributed by atoms with Crippen molar-refractivity contribution in [2.75, 3.05) is 6.54 Å². The predicted molar refractivity (Wildman–Crippen MR) is 96.5 cm³/mol. The maximum Gasteiger partial charge on any atom is 0.407 e. The molecule has 0 aliphatic heterocycles. The van der Waals surface area contributed by atoms with E-state index < -0.39 is 23.3 Å². The molecule has 2 aromatic carbocycles. The second-order valence-corrected chi connectivity index (χ2v) is 6.31. The maximum absolute atomic E-state index is 11.9. The van der Waals surface area contributed by atoms with Crippen molar-refractivity contribution in [3.8, 4) is 0 Å². The summed E-state index contributed by atoms with van der Waals surface area (Å²) in [5, 5.41) is 12.7. The van der Waals surface area contributed by atoms with Crippen LogP contribution in [0.25, 0.3) is 0 Å². The lowest BCUT2D eigenvalue weighted by atomic mass is 10.2. The number of carboxylic acids is 1. The Bertz CT molecular complexity index is 740. The average Bonchev–Trinajstić information content (AvgIpc) is 2.66. The molecule has 2 amide bonds. The van der Waals surface area contributed by atoms with Crippen LogP contribution in [0.1, 0.15) is 5.56 Å². The zero-order valence-corrected chi connectivity index (χ0v) is 14.6. The van der Waals surface area contributed by atoms with Crippen LogP contribution < -0.4 is 10.6 Å². The Kier molecular flexibility index (Phi) is 7.50. The molecule has 3 N–H and O–H groups in total. The highest BCUT2D eigenvalue weighted by atomic mass is 32.2. The number of amides is 2. The zero-order chi connectivity index (χ0) is 18.8. The molecule has 2 aromatic rings. The first-order chi connectivity index (χ1) is 12.5. The minimum absolute atomic E-state index is 0.0793. The molecule has 0 heterocycles. The van der Waals surface area contributed by atoms with Gasteiger partial charge in [-0.25, -0.2) is 9.59 Å². The van der Waals surface area contributed by atoms with Gasteiger partial charge in [-0.3, -0.25) is 4.79 Å². The van der Waals surface area contributed by atoms with Gasteiger partial charge in [0.05, 0.1) is 0 Å². The van der Waals surface area contributed by atoms with Crippen LogP contribution in [0.4, 0.5) is 4.79 Å². The van der Waals surface area contributed by atoms with Crippen molar-refractivity contribution in [3.63, 3.8) is 0 Å². The topological polar surface area (TPSA) is 105 Å². The molecule has 1 unspecified atom stereocenters. The van der Waals surface area contributed by atoms with E-state index in [9.17, 15) is 19.5 Å². The number of carboxylic acid groups (broad SMARTS) is 1. The first-order valence-electron chi connectivity index (χ1n) is 7.73. The number of benzene rings is 2. The highest BCUT2D eigenvalue weighted by Gasteiger charge is 2.21. The summed E-state index contributed by atoms with van der Waals surface area (Å²) < 4.78 is 4.97. The van der Waals surface area contributed by atoms with E-state index in [1.165, 1.54) is 0 Å². The minimum Gasteiger partial charge on any atom is -0.479 e. The summed E-state index contributed by atoms with van der Waals surface area (Å²) in [5.74, 6) is -1.81. The number of hydrogen-bond acceptors (Lipinski definition) is 5. The maximum atomic E-state index is 11.9. The van der Waals surface area contributed by atoms with E-state index in [1.807, 2.05) is 24.3 Å². The van der Waals surface area contributed by atoms with Gasteiger partial charge < -0.3 is 20.5 Å². The number of carbonyl (C=O) groups is 3. The molecule has 0 radical (unpaired) electrons. The van der Waals surface area contributed by atoms with Crippen molar-refractivity contribution in [3.05, 3.63) is 66.2 Å². The molecule has 0 saturated heterocycles. The normalized spacial score (nSPS) is 11.2. The molecule has 2 rings (SSSR count). The zero-order valence-electron chi connectivity index (χ0n) is 13.8. The second kappa shape index (κ2) is 10.1. The third-order valence-electron chi connectivity index (χ3n) is 3.12. The Morgan fingerprint density at radius 2 is 1.62 bits per heavy atom. The lowest BCUT2D eigenvalue weighted by molar-refractivity contribution is -0.138. The van der Waals surface area contributed by atoms with Crippen molar-refractivity contribution in [1.29, 1.82) is 0 Å². The van der Waals surface area contributed by atoms with Gasteiger partial charge in [-0.15, -0.1) is 0 Å². The molecule has 136 valence electrons. The Labute approximate surface area is 154 Å². The molecule has 0 saturated carbocycles. The fraction of sp³-hybridized carbons (Fsp3) is 0.167. The van der Waals surface area contributed by atoms with Gasteiger partial charge in [0.25, 0.3) is 0 Å². The molecule has 0 spiro atoms. The van der Waals surface area contributed by atoms with Crippen molar-refractivity contribution in [2.24, 2.45) is 0 Å². The van der Waals surface area contributed by atoms with Crippen LogP contribution in [-0.2, 0) is 20.9 Å². The predicted octanol–water partition coefficient (Wildman–Crippen LogP) is 2.23. The molecule has 26 heavy (non-hydrogen) atoms. The van der Waals surface area contributed by atoms with Gasteiger partial charge >= 0.3 is 12.1 Å². The third kappa shape index (κ3) is 6.86. The van der Waals surface area contributed by atoms with E-state index in [1.54, 1.807) is 36.4 Å². The van der Waals surface area contributed by atoms with E-state index in [4.69, 9.17) is 4.74 Å². The van der Waals surface area contributed by atoms with E-state index in [2.05, 4.69) is 10.6 Å². The Balaban J connectivity index is 1.75. The van der Waals surface area contributed by atoms with Crippen molar-refractivity contribution in [1.82, 2.24) is 10.6 Å². The van der Waals surface area contributed by atoms with Crippen LogP contribution >= 0.6 is 11.8 Å². The number of rotatable bonds is 8. The largest absolute Gasteiger partial charge is 0.479 e. The summed E-state index contributed by atoms with van der Waals surface area (Å²) in [6, 6.07) is 17.9. The molecule has 1 atom stereocenters. The van der Waals surface area contributed by atoms with Gasteiger partial charge in [0.15, 0.2) is 5.37 Å². The van der Waals surface area contributed by atoms with Gasteiger partial charge in [-0.1, -0.05) is 60.3 Å². The van der Waals surface area contributed by atoms with Crippen molar-refractivity contribution < 1.29 is 24.2 Å². The molecule has 7 nitrogen and oxygen atoms in total. The third-order valence-corrected chi connectivity index (χ3v) is 4.22. The minimum atomic E-state index is -1.18. The Hall–Kier alpha value is -3.00. The number of thioether (sulfide) groups is 1. The van der Waals surface area contributed by atoms with E-state index in [0.717, 1.165) is 17.3 Å². The quantitative estimate of drug-likeness (QED) is 0.483. The summed E-state index contributed by atoms with van der Waals surface area (Å²) in [7, 11) is 0. The summed E-state index contributed by atoms with van der Waals surface area (Å²) in [6.45, 7) is -0.303. The average molecular weight is 374 g/mol. The summed E-state index contributed by atoms with van der Waals surface area (Å²) in [6.07, 6.45) is -0.758. The number of ether oxygens (including phenoxy) is 1. The fourth-order valence-corrected chi connectivity index (χ4v) is 2.78. The lowest BCUT2D eigenvalue weighted by Crippen LogP contribution is -2.44. The highest BCUT2D eigenvalue weighted by Crippen LogP contribution is 2.21. The molecular weight excluding hydrogens is 356 g/mol.